The SMILES string of the molecule is CC(C)(O)c1cc2nn(C3CCN(CCCC4CCN(C(=O)c5ccc(Cl)c(N6CCC(=O)NC6=O)c5)CC4)CC3)cc2cc1NC(=O)c1cccc(C(F)(F)F)n1. The van der Waals surface area contributed by atoms with Crippen LogP contribution in [0.25, 0.3) is 10.9 Å². The Balaban J connectivity index is 0.888. The van der Waals surface area contributed by atoms with Gasteiger partial charge in [-0.2, -0.15) is 18.3 Å². The minimum Gasteiger partial charge on any atom is -0.386 e. The van der Waals surface area contributed by atoms with E-state index in [4.69, 9.17) is 16.7 Å². The van der Waals surface area contributed by atoms with Crippen LogP contribution in [-0.2, 0) is 16.6 Å². The third-order valence-corrected chi connectivity index (χ3v) is 11.6. The van der Waals surface area contributed by atoms with E-state index in [1.807, 2.05) is 15.8 Å². The van der Waals surface area contributed by atoms with E-state index in [0.29, 0.717) is 46.4 Å². The smallest absolute Gasteiger partial charge is 0.386 e. The Morgan fingerprint density at radius 1 is 0.983 bits per heavy atom. The van der Waals surface area contributed by atoms with Crippen molar-refractivity contribution in [3.05, 3.63) is 82.3 Å². The molecule has 2 aromatic heterocycles. The van der Waals surface area contributed by atoms with E-state index >= 15 is 0 Å². The van der Waals surface area contributed by atoms with Gasteiger partial charge < -0.3 is 20.2 Å². The number of anilines is 2. The second kappa shape index (κ2) is 16.7. The molecule has 13 nitrogen and oxygen atoms in total. The normalized spacial score (nSPS) is 17.8. The number of carbonyl (C=O) groups excluding carboxylic acids is 4. The molecule has 58 heavy (non-hydrogen) atoms. The monoisotopic (exact) mass is 822 g/mol. The quantitative estimate of drug-likeness (QED) is 0.155. The summed E-state index contributed by atoms with van der Waals surface area (Å²) in [4.78, 5) is 59.6. The molecule has 3 saturated heterocycles. The van der Waals surface area contributed by atoms with Crippen molar-refractivity contribution >= 4 is 57.6 Å². The second-order valence-electron chi connectivity index (χ2n) is 15.9. The molecule has 17 heteroatoms. The summed E-state index contributed by atoms with van der Waals surface area (Å²) in [7, 11) is 0. The van der Waals surface area contributed by atoms with E-state index in [1.54, 1.807) is 44.2 Å². The van der Waals surface area contributed by atoms with Crippen molar-refractivity contribution in [2.45, 2.75) is 76.6 Å². The van der Waals surface area contributed by atoms with Gasteiger partial charge in [-0.15, -0.1) is 0 Å². The Bertz CT molecular complexity index is 2210. The molecule has 308 valence electrons. The molecule has 0 aliphatic carbocycles. The lowest BCUT2D eigenvalue weighted by atomic mass is 9.91. The third kappa shape index (κ3) is 9.29. The van der Waals surface area contributed by atoms with Gasteiger partial charge in [0.1, 0.15) is 11.4 Å². The molecule has 3 fully saturated rings. The number of carbonyl (C=O) groups is 4. The number of amides is 5. The average Bonchev–Trinajstić information content (AvgIpc) is 3.61. The van der Waals surface area contributed by atoms with Crippen LogP contribution in [0, 0.1) is 5.92 Å². The summed E-state index contributed by atoms with van der Waals surface area (Å²) < 4.78 is 41.6. The number of halogens is 4. The van der Waals surface area contributed by atoms with E-state index in [9.17, 15) is 37.5 Å². The summed E-state index contributed by atoms with van der Waals surface area (Å²) >= 11 is 6.38. The zero-order valence-corrected chi connectivity index (χ0v) is 33.1. The number of fused-ring (bicyclic) bond motifs is 1. The molecule has 0 spiro atoms. The number of alkyl halides is 3. The van der Waals surface area contributed by atoms with Crippen molar-refractivity contribution in [2.24, 2.45) is 5.92 Å². The molecule has 7 rings (SSSR count). The molecule has 3 aliphatic rings. The van der Waals surface area contributed by atoms with Crippen LogP contribution in [0.5, 0.6) is 0 Å². The molecule has 5 amide bonds. The second-order valence-corrected chi connectivity index (χ2v) is 16.3. The predicted octanol–water partition coefficient (Wildman–Crippen LogP) is 7.00. The number of nitrogens with zero attached hydrogens (tertiary/aromatic N) is 6. The van der Waals surface area contributed by atoms with Gasteiger partial charge in [0.2, 0.25) is 5.91 Å². The number of urea groups is 1. The minimum absolute atomic E-state index is 0.103. The molecule has 0 atom stereocenters. The third-order valence-electron chi connectivity index (χ3n) is 11.3. The van der Waals surface area contributed by atoms with Gasteiger partial charge in [-0.25, -0.2) is 9.78 Å². The number of imide groups is 1. The van der Waals surface area contributed by atoms with Crippen LogP contribution in [0.2, 0.25) is 5.02 Å². The maximum absolute atomic E-state index is 13.4. The number of rotatable bonds is 10. The number of nitrogens with one attached hydrogen (secondary N) is 2. The summed E-state index contributed by atoms with van der Waals surface area (Å²) in [5.41, 5.74) is -0.821. The number of piperidine rings is 2. The van der Waals surface area contributed by atoms with Crippen LogP contribution in [0.4, 0.5) is 29.3 Å². The number of aromatic nitrogens is 3. The molecule has 5 heterocycles. The lowest BCUT2D eigenvalue weighted by Gasteiger charge is -2.34. The first-order valence-electron chi connectivity index (χ1n) is 19.6. The first-order valence-corrected chi connectivity index (χ1v) is 19.9. The first kappa shape index (κ1) is 41.1. The standard InChI is InChI=1S/C41H46ClF3N8O5/c1-40(2,58)29-23-32-27(21-33(29)47-37(55)31-6-3-7-35(46-31)41(43,44)45)24-53(49-32)28-12-16-50(17-13-28)15-4-5-25-10-18-51(19-11-25)38(56)26-8-9-30(42)34(22-26)52-20-14-36(54)48-39(52)57/h3,6-9,21-25,28,58H,4-5,10-20H2,1-2H3,(H,47,55)(H,48,54,57). The van der Waals surface area contributed by atoms with E-state index in [0.717, 1.165) is 75.7 Å². The van der Waals surface area contributed by atoms with Crippen LogP contribution in [0.1, 0.15) is 96.9 Å². The number of benzene rings is 2. The Morgan fingerprint density at radius 3 is 2.41 bits per heavy atom. The molecule has 3 N–H and O–H groups in total. The topological polar surface area (TPSA) is 153 Å². The van der Waals surface area contributed by atoms with Crippen molar-refractivity contribution in [2.75, 3.05) is 49.5 Å². The van der Waals surface area contributed by atoms with Gasteiger partial charge in [-0.3, -0.25) is 29.3 Å². The number of hydrogen-bond acceptors (Lipinski definition) is 8. The number of aliphatic hydroxyl groups is 1. The van der Waals surface area contributed by atoms with Gasteiger partial charge in [-0.1, -0.05) is 17.7 Å². The summed E-state index contributed by atoms with van der Waals surface area (Å²) in [5.74, 6) is -0.744. The summed E-state index contributed by atoms with van der Waals surface area (Å²) in [6.07, 6.45) is 3.12. The number of likely N-dealkylation sites (tertiary alicyclic amines) is 2. The highest BCUT2D eigenvalue weighted by molar-refractivity contribution is 6.34. The molecule has 0 unspecified atom stereocenters. The molecular weight excluding hydrogens is 777 g/mol. The van der Waals surface area contributed by atoms with Gasteiger partial charge >= 0.3 is 12.2 Å². The van der Waals surface area contributed by atoms with Gasteiger partial charge in [0.05, 0.1) is 27.9 Å². The van der Waals surface area contributed by atoms with E-state index < -0.39 is 35.1 Å². The van der Waals surface area contributed by atoms with Crippen molar-refractivity contribution in [1.29, 1.82) is 0 Å². The van der Waals surface area contributed by atoms with Crippen molar-refractivity contribution in [1.82, 2.24) is 29.9 Å². The van der Waals surface area contributed by atoms with Gasteiger partial charge in [-0.05, 0) is 107 Å². The highest BCUT2D eigenvalue weighted by Gasteiger charge is 2.34. The van der Waals surface area contributed by atoms with Gasteiger partial charge in [0.25, 0.3) is 11.8 Å². The molecule has 0 radical (unpaired) electrons. The minimum atomic E-state index is -4.70. The fraction of sp³-hybridized carbons (Fsp3) is 0.463. The number of hydrogen-bond donors (Lipinski definition) is 3. The van der Waals surface area contributed by atoms with Gasteiger partial charge in [0.15, 0.2) is 0 Å². The van der Waals surface area contributed by atoms with E-state index in [2.05, 4.69) is 20.5 Å². The maximum Gasteiger partial charge on any atom is 0.433 e. The lowest BCUT2D eigenvalue weighted by molar-refractivity contribution is -0.141. The highest BCUT2D eigenvalue weighted by atomic mass is 35.5. The molecule has 3 aliphatic heterocycles. The molecule has 0 bridgehead atoms. The Labute approximate surface area is 338 Å². The average molecular weight is 823 g/mol. The summed E-state index contributed by atoms with van der Waals surface area (Å²) in [6.45, 7) is 7.43. The molecule has 4 aromatic rings. The van der Waals surface area contributed by atoms with Crippen molar-refractivity contribution in [3.63, 3.8) is 0 Å². The maximum atomic E-state index is 13.4. The molecule has 0 saturated carbocycles. The zero-order chi connectivity index (χ0) is 41.4. The Hall–Kier alpha value is -5.06. The van der Waals surface area contributed by atoms with Crippen molar-refractivity contribution in [3.8, 4) is 0 Å². The summed E-state index contributed by atoms with van der Waals surface area (Å²) in [6, 6.07) is 11.0. The first-order chi connectivity index (χ1) is 27.5. The van der Waals surface area contributed by atoms with Crippen LogP contribution in [0.3, 0.4) is 0 Å². The summed E-state index contributed by atoms with van der Waals surface area (Å²) in [5, 5.41) is 21.8. The van der Waals surface area contributed by atoms with Crippen molar-refractivity contribution < 1.29 is 37.5 Å². The highest BCUT2D eigenvalue weighted by Crippen LogP contribution is 2.35. The number of pyridine rings is 1. The lowest BCUT2D eigenvalue weighted by Crippen LogP contribution is -2.49. The fourth-order valence-electron chi connectivity index (χ4n) is 8.06. The van der Waals surface area contributed by atoms with Crippen LogP contribution in [0.15, 0.2) is 54.7 Å². The molecular formula is C41H46ClF3N8O5. The molecule has 2 aromatic carbocycles. The van der Waals surface area contributed by atoms with Crippen LogP contribution in [-0.4, -0.2) is 92.7 Å². The predicted molar refractivity (Wildman–Crippen MR) is 212 cm³/mol. The Kier molecular flexibility index (Phi) is 11.8. The van der Waals surface area contributed by atoms with Crippen LogP contribution >= 0.6 is 11.6 Å². The van der Waals surface area contributed by atoms with Crippen LogP contribution < -0.4 is 15.5 Å². The fourth-order valence-corrected chi connectivity index (χ4v) is 8.28. The Morgan fingerprint density at radius 2 is 1.72 bits per heavy atom. The van der Waals surface area contributed by atoms with E-state index in [1.165, 1.54) is 11.0 Å². The zero-order valence-electron chi connectivity index (χ0n) is 32.3. The largest absolute Gasteiger partial charge is 0.433 e. The van der Waals surface area contributed by atoms with E-state index in [-0.39, 0.29) is 36.5 Å². The van der Waals surface area contributed by atoms with Gasteiger partial charge in [0, 0.05) is 67.5 Å².